The van der Waals surface area contributed by atoms with Crippen molar-refractivity contribution in [3.05, 3.63) is 46.5 Å². The molecule has 18 heavy (non-hydrogen) atoms. The number of carbonyl (C=O) groups excluding carboxylic acids is 1. The van der Waals surface area contributed by atoms with E-state index in [9.17, 15) is 4.79 Å². The Balaban J connectivity index is 2.00. The first-order valence-electron chi connectivity index (χ1n) is 6.00. The molecule has 2 heterocycles. The summed E-state index contributed by atoms with van der Waals surface area (Å²) in [5.41, 5.74) is 0. The van der Waals surface area contributed by atoms with E-state index in [4.69, 9.17) is 4.42 Å². The van der Waals surface area contributed by atoms with E-state index < -0.39 is 0 Å². The molecule has 0 radical (unpaired) electrons. The van der Waals surface area contributed by atoms with Gasteiger partial charge in [-0.05, 0) is 37.4 Å². The van der Waals surface area contributed by atoms with E-state index in [0.717, 1.165) is 6.54 Å². The van der Waals surface area contributed by atoms with Gasteiger partial charge in [0.15, 0.2) is 5.76 Å². The molecule has 0 aliphatic carbocycles. The summed E-state index contributed by atoms with van der Waals surface area (Å²) in [6.07, 6.45) is 1.53. The number of hydrogen-bond donors (Lipinski definition) is 0. The monoisotopic (exact) mass is 263 g/mol. The van der Waals surface area contributed by atoms with E-state index in [1.54, 1.807) is 23.5 Å². The maximum atomic E-state index is 12.0. The predicted octanol–water partition coefficient (Wildman–Crippen LogP) is 3.43. The van der Waals surface area contributed by atoms with Crippen molar-refractivity contribution in [3.8, 4) is 0 Å². The quantitative estimate of drug-likeness (QED) is 0.749. The Hall–Kier alpha value is -1.39. The van der Waals surface area contributed by atoms with E-state index in [1.807, 2.05) is 6.07 Å². The minimum absolute atomic E-state index is 0.0326. The number of thiophene rings is 1. The molecule has 0 fully saturated rings. The van der Waals surface area contributed by atoms with E-state index in [1.165, 1.54) is 11.1 Å². The van der Waals surface area contributed by atoms with E-state index in [2.05, 4.69) is 30.2 Å². The number of carbonyl (C=O) groups is 1. The van der Waals surface area contributed by atoms with Gasteiger partial charge in [-0.25, -0.2) is 0 Å². The molecule has 0 aliphatic rings. The fraction of sp³-hybridized carbons (Fsp3) is 0.357. The summed E-state index contributed by atoms with van der Waals surface area (Å²) in [7, 11) is 0. The topological polar surface area (TPSA) is 33.5 Å². The van der Waals surface area contributed by atoms with Crippen LogP contribution in [0.25, 0.3) is 0 Å². The van der Waals surface area contributed by atoms with Crippen LogP contribution in [0.4, 0.5) is 0 Å². The number of furan rings is 1. The molecule has 0 unspecified atom stereocenters. The van der Waals surface area contributed by atoms with Crippen LogP contribution in [0.3, 0.4) is 0 Å². The standard InChI is InChI=1S/C14H17NO2S/c1-11(2)15(9-12-5-4-8-18-12)10-13(16)14-6-3-7-17-14/h3-8,11H,9-10H2,1-2H3. The second kappa shape index (κ2) is 5.98. The van der Waals surface area contributed by atoms with Crippen LogP contribution in [-0.4, -0.2) is 23.3 Å². The molecule has 0 aromatic carbocycles. The zero-order chi connectivity index (χ0) is 13.0. The maximum absolute atomic E-state index is 12.0. The summed E-state index contributed by atoms with van der Waals surface area (Å²) in [4.78, 5) is 15.4. The van der Waals surface area contributed by atoms with Crippen molar-refractivity contribution in [2.45, 2.75) is 26.4 Å². The lowest BCUT2D eigenvalue weighted by atomic mass is 10.2. The fourth-order valence-electron chi connectivity index (χ4n) is 1.72. The van der Waals surface area contributed by atoms with Gasteiger partial charge in [0.2, 0.25) is 5.78 Å². The Kier molecular flexibility index (Phi) is 4.33. The Morgan fingerprint density at radius 2 is 2.22 bits per heavy atom. The number of hydrogen-bond acceptors (Lipinski definition) is 4. The molecular formula is C14H17NO2S. The first kappa shape index (κ1) is 13.1. The first-order valence-corrected chi connectivity index (χ1v) is 6.88. The molecule has 4 heteroatoms. The van der Waals surface area contributed by atoms with Crippen molar-refractivity contribution >= 4 is 17.1 Å². The average Bonchev–Trinajstić information content (AvgIpc) is 3.00. The molecule has 0 aliphatic heterocycles. The largest absolute Gasteiger partial charge is 0.461 e. The molecule has 96 valence electrons. The number of rotatable bonds is 6. The van der Waals surface area contributed by atoms with Crippen LogP contribution >= 0.6 is 11.3 Å². The van der Waals surface area contributed by atoms with Gasteiger partial charge in [0.05, 0.1) is 12.8 Å². The van der Waals surface area contributed by atoms with Crippen LogP contribution in [0.2, 0.25) is 0 Å². The smallest absolute Gasteiger partial charge is 0.211 e. The van der Waals surface area contributed by atoms with Gasteiger partial charge in [-0.15, -0.1) is 11.3 Å². The van der Waals surface area contributed by atoms with Crippen molar-refractivity contribution in [3.63, 3.8) is 0 Å². The van der Waals surface area contributed by atoms with Gasteiger partial charge in [-0.1, -0.05) is 6.07 Å². The van der Waals surface area contributed by atoms with Crippen LogP contribution < -0.4 is 0 Å². The van der Waals surface area contributed by atoms with Gasteiger partial charge >= 0.3 is 0 Å². The molecular weight excluding hydrogens is 246 g/mol. The van der Waals surface area contributed by atoms with Gasteiger partial charge in [0.25, 0.3) is 0 Å². The summed E-state index contributed by atoms with van der Waals surface area (Å²) in [6, 6.07) is 7.91. The van der Waals surface area contributed by atoms with Crippen molar-refractivity contribution in [1.82, 2.24) is 4.90 Å². The van der Waals surface area contributed by atoms with Crippen LogP contribution in [0.15, 0.2) is 40.3 Å². The third kappa shape index (κ3) is 3.31. The molecule has 0 spiro atoms. The predicted molar refractivity (Wildman–Crippen MR) is 72.9 cm³/mol. The van der Waals surface area contributed by atoms with Crippen LogP contribution in [0, 0.1) is 0 Å². The van der Waals surface area contributed by atoms with Crippen molar-refractivity contribution in [2.24, 2.45) is 0 Å². The van der Waals surface area contributed by atoms with Crippen molar-refractivity contribution < 1.29 is 9.21 Å². The fourth-order valence-corrected chi connectivity index (χ4v) is 2.45. The van der Waals surface area contributed by atoms with Crippen molar-refractivity contribution in [1.29, 1.82) is 0 Å². The Labute approximate surface area is 111 Å². The minimum Gasteiger partial charge on any atom is -0.461 e. The molecule has 0 saturated heterocycles. The van der Waals surface area contributed by atoms with Gasteiger partial charge in [-0.2, -0.15) is 0 Å². The van der Waals surface area contributed by atoms with Gasteiger partial charge in [0, 0.05) is 17.5 Å². The summed E-state index contributed by atoms with van der Waals surface area (Å²) in [5.74, 6) is 0.470. The highest BCUT2D eigenvalue weighted by Gasteiger charge is 2.17. The lowest BCUT2D eigenvalue weighted by molar-refractivity contribution is 0.0872. The lowest BCUT2D eigenvalue weighted by Crippen LogP contribution is -2.34. The lowest BCUT2D eigenvalue weighted by Gasteiger charge is -2.24. The average molecular weight is 263 g/mol. The summed E-state index contributed by atoms with van der Waals surface area (Å²) in [6.45, 7) is 5.40. The number of nitrogens with zero attached hydrogens (tertiary/aromatic N) is 1. The molecule has 0 saturated carbocycles. The van der Waals surface area contributed by atoms with Crippen LogP contribution in [0.1, 0.15) is 29.3 Å². The first-order chi connectivity index (χ1) is 8.66. The third-order valence-corrected chi connectivity index (χ3v) is 3.67. The highest BCUT2D eigenvalue weighted by Crippen LogP contribution is 2.14. The molecule has 2 rings (SSSR count). The van der Waals surface area contributed by atoms with Crippen LogP contribution in [-0.2, 0) is 6.54 Å². The molecule has 0 atom stereocenters. The summed E-state index contributed by atoms with van der Waals surface area (Å²) in [5, 5.41) is 2.06. The second-order valence-corrected chi connectivity index (χ2v) is 5.51. The molecule has 0 amide bonds. The zero-order valence-corrected chi connectivity index (χ0v) is 11.4. The molecule has 0 bridgehead atoms. The van der Waals surface area contributed by atoms with E-state index in [0.29, 0.717) is 18.3 Å². The Bertz CT molecular complexity index is 474. The van der Waals surface area contributed by atoms with Gasteiger partial charge in [0.1, 0.15) is 0 Å². The highest BCUT2D eigenvalue weighted by molar-refractivity contribution is 7.09. The van der Waals surface area contributed by atoms with E-state index in [-0.39, 0.29) is 5.78 Å². The maximum Gasteiger partial charge on any atom is 0.211 e. The zero-order valence-electron chi connectivity index (χ0n) is 10.6. The number of ketones is 1. The van der Waals surface area contributed by atoms with Gasteiger partial charge < -0.3 is 4.42 Å². The Morgan fingerprint density at radius 3 is 2.78 bits per heavy atom. The summed E-state index contributed by atoms with van der Waals surface area (Å²) >= 11 is 1.72. The van der Waals surface area contributed by atoms with Gasteiger partial charge in [-0.3, -0.25) is 9.69 Å². The second-order valence-electron chi connectivity index (χ2n) is 4.48. The van der Waals surface area contributed by atoms with Crippen LogP contribution in [0.5, 0.6) is 0 Å². The van der Waals surface area contributed by atoms with Crippen molar-refractivity contribution in [2.75, 3.05) is 6.54 Å². The molecule has 2 aromatic rings. The molecule has 2 aromatic heterocycles. The molecule has 3 nitrogen and oxygen atoms in total. The van der Waals surface area contributed by atoms with E-state index >= 15 is 0 Å². The SMILES string of the molecule is CC(C)N(CC(=O)c1ccco1)Cc1cccs1. The summed E-state index contributed by atoms with van der Waals surface area (Å²) < 4.78 is 5.14. The highest BCUT2D eigenvalue weighted by atomic mass is 32.1. The minimum atomic E-state index is 0.0326. The number of Topliss-reactive ketones (excluding diaryl/α,β-unsaturated/α-hetero) is 1. The third-order valence-electron chi connectivity index (χ3n) is 2.81. The normalized spacial score (nSPS) is 11.3. The molecule has 0 N–H and O–H groups in total. The Morgan fingerprint density at radius 1 is 1.39 bits per heavy atom.